The molecule has 6 heteroatoms. The molecule has 0 amide bonds. The number of hydrogen-bond donors (Lipinski definition) is 1. The van der Waals surface area contributed by atoms with Gasteiger partial charge in [0.05, 0.1) is 25.6 Å². The monoisotopic (exact) mass is 253 g/mol. The maximum absolute atomic E-state index is 11.4. The number of carbonyl (C=O) groups excluding carboxylic acids is 1. The van der Waals surface area contributed by atoms with Gasteiger partial charge in [-0.1, -0.05) is 6.92 Å². The zero-order valence-corrected chi connectivity index (χ0v) is 11.1. The van der Waals surface area contributed by atoms with E-state index >= 15 is 0 Å². The van der Waals surface area contributed by atoms with E-state index in [1.54, 1.807) is 6.20 Å². The molecule has 0 radical (unpaired) electrons. The predicted octanol–water partition coefficient (Wildman–Crippen LogP) is 1.63. The number of carbonyl (C=O) groups is 1. The second-order valence-electron chi connectivity index (χ2n) is 4.04. The van der Waals surface area contributed by atoms with Crippen molar-refractivity contribution in [3.05, 3.63) is 12.4 Å². The molecule has 0 aliphatic rings. The Morgan fingerprint density at radius 2 is 2.17 bits per heavy atom. The average molecular weight is 253 g/mol. The number of rotatable bonds is 6. The quantitative estimate of drug-likeness (QED) is 0.777. The van der Waals surface area contributed by atoms with E-state index in [0.29, 0.717) is 18.1 Å². The topological polar surface area (TPSA) is 73.3 Å². The van der Waals surface area contributed by atoms with Gasteiger partial charge < -0.3 is 14.8 Å². The van der Waals surface area contributed by atoms with Crippen molar-refractivity contribution in [2.24, 2.45) is 0 Å². The molecular weight excluding hydrogens is 234 g/mol. The van der Waals surface area contributed by atoms with Gasteiger partial charge in [-0.2, -0.15) is 4.98 Å². The fraction of sp³-hybridized carbons (Fsp3) is 0.583. The lowest BCUT2D eigenvalue weighted by atomic mass is 10.2. The van der Waals surface area contributed by atoms with Crippen LogP contribution in [0, 0.1) is 0 Å². The molecule has 0 aliphatic carbocycles. The van der Waals surface area contributed by atoms with Crippen molar-refractivity contribution in [2.75, 3.05) is 12.4 Å². The molecule has 0 fully saturated rings. The van der Waals surface area contributed by atoms with Gasteiger partial charge in [0.15, 0.2) is 0 Å². The molecule has 0 bridgehead atoms. The van der Waals surface area contributed by atoms with Crippen LogP contribution in [0.1, 0.15) is 27.2 Å². The molecule has 6 nitrogen and oxygen atoms in total. The van der Waals surface area contributed by atoms with E-state index in [2.05, 4.69) is 20.0 Å². The molecule has 0 aromatic carbocycles. The van der Waals surface area contributed by atoms with Gasteiger partial charge in [0.25, 0.3) is 0 Å². The molecule has 1 atom stereocenters. The molecule has 1 aromatic rings. The zero-order chi connectivity index (χ0) is 13.5. The highest BCUT2D eigenvalue weighted by Crippen LogP contribution is 2.12. The molecule has 1 aromatic heterocycles. The number of esters is 1. The Balaban J connectivity index is 2.74. The van der Waals surface area contributed by atoms with Crippen molar-refractivity contribution in [3.63, 3.8) is 0 Å². The van der Waals surface area contributed by atoms with E-state index in [0.717, 1.165) is 0 Å². The minimum atomic E-state index is -0.432. The van der Waals surface area contributed by atoms with Crippen molar-refractivity contribution in [1.29, 1.82) is 0 Å². The summed E-state index contributed by atoms with van der Waals surface area (Å²) in [6.45, 7) is 5.70. The van der Waals surface area contributed by atoms with Crippen molar-refractivity contribution in [2.45, 2.75) is 39.3 Å². The Labute approximate surface area is 107 Å². The van der Waals surface area contributed by atoms with Gasteiger partial charge in [0.1, 0.15) is 11.9 Å². The largest absolute Gasteiger partial charge is 0.474 e. The molecule has 1 N–H and O–H groups in total. The summed E-state index contributed by atoms with van der Waals surface area (Å²) in [5, 5.41) is 2.96. The number of nitrogens with one attached hydrogen (secondary N) is 1. The Morgan fingerprint density at radius 3 is 2.72 bits per heavy atom. The van der Waals surface area contributed by atoms with Crippen LogP contribution in [-0.2, 0) is 9.53 Å². The highest BCUT2D eigenvalue weighted by Gasteiger charge is 2.17. The van der Waals surface area contributed by atoms with E-state index in [-0.39, 0.29) is 12.1 Å². The number of methoxy groups -OCH3 is 1. The average Bonchev–Trinajstić information content (AvgIpc) is 2.34. The van der Waals surface area contributed by atoms with Crippen molar-refractivity contribution >= 4 is 11.8 Å². The maximum atomic E-state index is 11.4. The van der Waals surface area contributed by atoms with Crippen LogP contribution in [0.2, 0.25) is 0 Å². The third-order valence-corrected chi connectivity index (χ3v) is 2.18. The van der Waals surface area contributed by atoms with Gasteiger partial charge in [-0.3, -0.25) is 4.98 Å². The Bertz CT molecular complexity index is 396. The normalized spacial score (nSPS) is 12.1. The molecule has 0 saturated carbocycles. The summed E-state index contributed by atoms with van der Waals surface area (Å²) >= 11 is 0. The molecule has 1 rings (SSSR count). The Hall–Kier alpha value is -1.85. The van der Waals surface area contributed by atoms with Crippen LogP contribution < -0.4 is 10.1 Å². The zero-order valence-electron chi connectivity index (χ0n) is 11.1. The second-order valence-corrected chi connectivity index (χ2v) is 4.04. The summed E-state index contributed by atoms with van der Waals surface area (Å²) in [6, 6.07) is -0.432. The summed E-state index contributed by atoms with van der Waals surface area (Å²) in [6.07, 6.45) is 3.70. The maximum Gasteiger partial charge on any atom is 0.328 e. The van der Waals surface area contributed by atoms with Gasteiger partial charge in [-0.15, -0.1) is 0 Å². The summed E-state index contributed by atoms with van der Waals surface area (Å²) in [4.78, 5) is 19.7. The summed E-state index contributed by atoms with van der Waals surface area (Å²) < 4.78 is 10.1. The number of anilines is 1. The lowest BCUT2D eigenvalue weighted by Crippen LogP contribution is -2.30. The van der Waals surface area contributed by atoms with Crippen molar-refractivity contribution in [1.82, 2.24) is 9.97 Å². The molecule has 0 spiro atoms. The van der Waals surface area contributed by atoms with E-state index in [1.807, 2.05) is 20.8 Å². The number of ether oxygens (including phenoxy) is 2. The molecule has 100 valence electrons. The minimum absolute atomic E-state index is 0.0251. The third-order valence-electron chi connectivity index (χ3n) is 2.18. The SMILES string of the molecule is CCC(Nc1cncc(OC(C)C)n1)C(=O)OC. The van der Waals surface area contributed by atoms with Crippen molar-refractivity contribution in [3.8, 4) is 5.88 Å². The molecular formula is C12H19N3O3. The predicted molar refractivity (Wildman–Crippen MR) is 67.5 cm³/mol. The van der Waals surface area contributed by atoms with Gasteiger partial charge in [-0.05, 0) is 20.3 Å². The Kier molecular flexibility index (Phi) is 5.35. The van der Waals surface area contributed by atoms with E-state index < -0.39 is 6.04 Å². The van der Waals surface area contributed by atoms with E-state index in [4.69, 9.17) is 4.74 Å². The van der Waals surface area contributed by atoms with Crippen LogP contribution in [0.15, 0.2) is 12.4 Å². The van der Waals surface area contributed by atoms with Crippen LogP contribution in [0.3, 0.4) is 0 Å². The summed E-state index contributed by atoms with van der Waals surface area (Å²) in [5.74, 6) is 0.592. The van der Waals surface area contributed by atoms with E-state index in [9.17, 15) is 4.79 Å². The first-order chi connectivity index (χ1) is 8.56. The number of aromatic nitrogens is 2. The summed E-state index contributed by atoms with van der Waals surface area (Å²) in [7, 11) is 1.36. The van der Waals surface area contributed by atoms with Crippen LogP contribution >= 0.6 is 0 Å². The van der Waals surface area contributed by atoms with Crippen LogP contribution in [0.25, 0.3) is 0 Å². The number of nitrogens with zero attached hydrogens (tertiary/aromatic N) is 2. The molecule has 18 heavy (non-hydrogen) atoms. The molecule has 0 saturated heterocycles. The van der Waals surface area contributed by atoms with Gasteiger partial charge in [0.2, 0.25) is 5.88 Å². The van der Waals surface area contributed by atoms with E-state index in [1.165, 1.54) is 13.3 Å². The minimum Gasteiger partial charge on any atom is -0.474 e. The van der Waals surface area contributed by atoms with Gasteiger partial charge in [0, 0.05) is 0 Å². The Morgan fingerprint density at radius 1 is 1.44 bits per heavy atom. The molecule has 0 aliphatic heterocycles. The second kappa shape index (κ2) is 6.78. The highest BCUT2D eigenvalue weighted by molar-refractivity contribution is 5.78. The van der Waals surface area contributed by atoms with Gasteiger partial charge in [-0.25, -0.2) is 4.79 Å². The highest BCUT2D eigenvalue weighted by atomic mass is 16.5. The van der Waals surface area contributed by atoms with Crippen molar-refractivity contribution < 1.29 is 14.3 Å². The first-order valence-corrected chi connectivity index (χ1v) is 5.89. The fourth-order valence-electron chi connectivity index (χ4n) is 1.36. The fourth-order valence-corrected chi connectivity index (χ4v) is 1.36. The van der Waals surface area contributed by atoms with Gasteiger partial charge >= 0.3 is 5.97 Å². The lowest BCUT2D eigenvalue weighted by Gasteiger charge is -2.15. The molecule has 1 unspecified atom stereocenters. The standard InChI is InChI=1S/C12H19N3O3/c1-5-9(12(16)17-4)14-10-6-13-7-11(15-10)18-8(2)3/h6-9H,5H2,1-4H3,(H,14,15). The summed E-state index contributed by atoms with van der Waals surface area (Å²) in [5.41, 5.74) is 0. The lowest BCUT2D eigenvalue weighted by molar-refractivity contribution is -0.141. The molecule has 1 heterocycles. The first-order valence-electron chi connectivity index (χ1n) is 5.89. The number of hydrogen-bond acceptors (Lipinski definition) is 6. The third kappa shape index (κ3) is 4.20. The van der Waals surface area contributed by atoms with Crippen LogP contribution in [0.4, 0.5) is 5.82 Å². The smallest absolute Gasteiger partial charge is 0.328 e. The van der Waals surface area contributed by atoms with Crippen LogP contribution in [0.5, 0.6) is 5.88 Å². The van der Waals surface area contributed by atoms with Crippen LogP contribution in [-0.4, -0.2) is 35.2 Å². The first kappa shape index (κ1) is 14.2.